The van der Waals surface area contributed by atoms with Gasteiger partial charge >= 0.3 is 0 Å². The number of H-pyrrole nitrogens is 1. The second-order valence-corrected chi connectivity index (χ2v) is 5.18. The highest BCUT2D eigenvalue weighted by molar-refractivity contribution is 5.67. The Morgan fingerprint density at radius 1 is 1.41 bits per heavy atom. The summed E-state index contributed by atoms with van der Waals surface area (Å²) >= 11 is 0. The average molecular weight is 297 g/mol. The highest BCUT2D eigenvalue weighted by atomic mass is 19.1. The van der Waals surface area contributed by atoms with Crippen LogP contribution in [0.2, 0.25) is 0 Å². The smallest absolute Gasteiger partial charge is 0.276 e. The Hall–Kier alpha value is -3.01. The zero-order valence-electron chi connectivity index (χ0n) is 12.0. The van der Waals surface area contributed by atoms with Crippen molar-refractivity contribution in [3.8, 4) is 17.3 Å². The maximum absolute atomic E-state index is 13.5. The molecule has 0 aliphatic rings. The number of halogens is 1. The number of aromatic nitrogens is 4. The van der Waals surface area contributed by atoms with E-state index in [1.165, 1.54) is 23.0 Å². The van der Waals surface area contributed by atoms with Gasteiger partial charge < -0.3 is 0 Å². The van der Waals surface area contributed by atoms with Gasteiger partial charge in [-0.25, -0.2) is 13.9 Å². The predicted octanol–water partition coefficient (Wildman–Crippen LogP) is 2.22. The van der Waals surface area contributed by atoms with Gasteiger partial charge in [-0.1, -0.05) is 13.8 Å². The number of nitriles is 1. The fourth-order valence-electron chi connectivity index (χ4n) is 2.39. The van der Waals surface area contributed by atoms with Crippen molar-refractivity contribution in [2.24, 2.45) is 0 Å². The lowest BCUT2D eigenvalue weighted by Gasteiger charge is -2.11. The summed E-state index contributed by atoms with van der Waals surface area (Å²) < 4.78 is 14.7. The Bertz CT molecular complexity index is 964. The topological polar surface area (TPSA) is 86.8 Å². The first-order valence-corrected chi connectivity index (χ1v) is 6.68. The zero-order valence-corrected chi connectivity index (χ0v) is 12.0. The average Bonchev–Trinajstić information content (AvgIpc) is 2.90. The van der Waals surface area contributed by atoms with Crippen molar-refractivity contribution in [1.29, 1.82) is 5.26 Å². The molecule has 22 heavy (non-hydrogen) atoms. The van der Waals surface area contributed by atoms with Gasteiger partial charge in [0, 0.05) is 23.5 Å². The molecular weight excluding hydrogens is 285 g/mol. The maximum atomic E-state index is 13.5. The molecule has 0 spiro atoms. The van der Waals surface area contributed by atoms with E-state index < -0.39 is 5.82 Å². The molecule has 0 aliphatic heterocycles. The van der Waals surface area contributed by atoms with Gasteiger partial charge in [-0.15, -0.1) is 0 Å². The number of fused-ring (bicyclic) bond motifs is 1. The second-order valence-electron chi connectivity index (χ2n) is 5.18. The van der Waals surface area contributed by atoms with Gasteiger partial charge in [0.2, 0.25) is 0 Å². The van der Waals surface area contributed by atoms with Crippen LogP contribution in [-0.4, -0.2) is 19.6 Å². The summed E-state index contributed by atoms with van der Waals surface area (Å²) in [6.07, 6.45) is 3.95. The van der Waals surface area contributed by atoms with Crippen molar-refractivity contribution >= 4 is 5.65 Å². The third-order valence-corrected chi connectivity index (χ3v) is 3.37. The first-order chi connectivity index (χ1) is 10.5. The number of pyridine rings is 1. The molecule has 0 unspecified atom stereocenters. The van der Waals surface area contributed by atoms with Crippen LogP contribution >= 0.6 is 0 Å². The number of hydrogen-bond acceptors (Lipinski definition) is 4. The summed E-state index contributed by atoms with van der Waals surface area (Å²) in [5.74, 6) is -0.632. The normalized spacial score (nSPS) is 11.0. The van der Waals surface area contributed by atoms with Gasteiger partial charge in [0.25, 0.3) is 5.56 Å². The molecule has 7 heteroatoms. The quantitative estimate of drug-likeness (QED) is 0.785. The molecule has 0 fully saturated rings. The van der Waals surface area contributed by atoms with Gasteiger partial charge in [0.1, 0.15) is 17.4 Å². The van der Waals surface area contributed by atoms with E-state index in [0.29, 0.717) is 16.8 Å². The minimum atomic E-state index is -0.510. The monoisotopic (exact) mass is 297 g/mol. The van der Waals surface area contributed by atoms with Gasteiger partial charge in [0.15, 0.2) is 5.65 Å². The van der Waals surface area contributed by atoms with Gasteiger partial charge in [-0.2, -0.15) is 5.26 Å². The molecule has 0 bridgehead atoms. The molecule has 3 aromatic rings. The van der Waals surface area contributed by atoms with Crippen LogP contribution in [0.5, 0.6) is 0 Å². The third kappa shape index (κ3) is 2.05. The maximum Gasteiger partial charge on any atom is 0.276 e. The molecule has 1 N–H and O–H groups in total. The van der Waals surface area contributed by atoms with E-state index >= 15 is 0 Å². The number of nitrogens with zero attached hydrogens (tertiary/aromatic N) is 4. The molecular formula is C15H12FN5O. The highest BCUT2D eigenvalue weighted by Gasteiger charge is 2.20. The molecule has 6 nitrogen and oxygen atoms in total. The predicted molar refractivity (Wildman–Crippen MR) is 77.8 cm³/mol. The van der Waals surface area contributed by atoms with E-state index in [4.69, 9.17) is 5.26 Å². The summed E-state index contributed by atoms with van der Waals surface area (Å²) in [5.41, 5.74) is 1.36. The van der Waals surface area contributed by atoms with Gasteiger partial charge in [-0.3, -0.25) is 14.9 Å². The van der Waals surface area contributed by atoms with Crippen molar-refractivity contribution in [3.05, 3.63) is 52.0 Å². The van der Waals surface area contributed by atoms with Crippen molar-refractivity contribution in [1.82, 2.24) is 19.6 Å². The van der Waals surface area contributed by atoms with E-state index in [1.807, 2.05) is 19.9 Å². The fourth-order valence-corrected chi connectivity index (χ4v) is 2.39. The van der Waals surface area contributed by atoms with Crippen LogP contribution in [0, 0.1) is 17.1 Å². The lowest BCUT2D eigenvalue weighted by atomic mass is 9.99. The molecule has 0 saturated carbocycles. The number of aromatic amines is 1. The molecule has 0 aliphatic carbocycles. The third-order valence-electron chi connectivity index (χ3n) is 3.37. The Morgan fingerprint density at radius 3 is 2.82 bits per heavy atom. The Labute approximate surface area is 124 Å². The standard InChI is InChI=1S/C15H12FN5O/c1-8(2)12-13(9-3-11(16)7-18-5-9)20-14-10(4-17)6-19-21(14)15(12)22/h3,5-8,19H,1-2H3. The van der Waals surface area contributed by atoms with Crippen LogP contribution in [0.3, 0.4) is 0 Å². The van der Waals surface area contributed by atoms with Crippen molar-refractivity contribution in [2.45, 2.75) is 19.8 Å². The van der Waals surface area contributed by atoms with Crippen molar-refractivity contribution in [3.63, 3.8) is 0 Å². The number of hydrogen-bond donors (Lipinski definition) is 1. The van der Waals surface area contributed by atoms with E-state index in [0.717, 1.165) is 6.20 Å². The van der Waals surface area contributed by atoms with E-state index in [9.17, 15) is 9.18 Å². The van der Waals surface area contributed by atoms with Crippen LogP contribution in [0.25, 0.3) is 16.9 Å². The fraction of sp³-hybridized carbons (Fsp3) is 0.200. The minimum absolute atomic E-state index is 0.121. The summed E-state index contributed by atoms with van der Waals surface area (Å²) in [6.45, 7) is 3.71. The van der Waals surface area contributed by atoms with Crippen LogP contribution in [0.4, 0.5) is 4.39 Å². The molecule has 3 heterocycles. The van der Waals surface area contributed by atoms with Crippen LogP contribution in [-0.2, 0) is 0 Å². The molecule has 0 atom stereocenters. The number of rotatable bonds is 2. The van der Waals surface area contributed by atoms with Crippen LogP contribution in [0.1, 0.15) is 30.9 Å². The Morgan fingerprint density at radius 2 is 2.18 bits per heavy atom. The molecule has 0 aromatic carbocycles. The molecule has 3 rings (SSSR count). The summed E-state index contributed by atoms with van der Waals surface area (Å²) in [5, 5.41) is 11.8. The van der Waals surface area contributed by atoms with Gasteiger partial charge in [0.05, 0.1) is 11.9 Å². The first-order valence-electron chi connectivity index (χ1n) is 6.68. The van der Waals surface area contributed by atoms with Gasteiger partial charge in [-0.05, 0) is 12.0 Å². The van der Waals surface area contributed by atoms with Crippen molar-refractivity contribution in [2.75, 3.05) is 0 Å². The van der Waals surface area contributed by atoms with E-state index in [1.54, 1.807) is 0 Å². The largest absolute Gasteiger partial charge is 0.295 e. The first kappa shape index (κ1) is 13.9. The Kier molecular flexibility index (Phi) is 3.22. The second kappa shape index (κ2) is 5.07. The summed E-state index contributed by atoms with van der Waals surface area (Å²) in [7, 11) is 0. The highest BCUT2D eigenvalue weighted by Crippen LogP contribution is 2.25. The van der Waals surface area contributed by atoms with Crippen LogP contribution < -0.4 is 5.56 Å². The number of nitrogens with one attached hydrogen (secondary N) is 1. The van der Waals surface area contributed by atoms with E-state index in [-0.39, 0.29) is 22.7 Å². The minimum Gasteiger partial charge on any atom is -0.295 e. The zero-order chi connectivity index (χ0) is 15.9. The summed E-state index contributed by atoms with van der Waals surface area (Å²) in [4.78, 5) is 20.9. The van der Waals surface area contributed by atoms with Crippen molar-refractivity contribution < 1.29 is 4.39 Å². The summed E-state index contributed by atoms with van der Waals surface area (Å²) in [6, 6.07) is 3.25. The molecule has 0 radical (unpaired) electrons. The molecule has 110 valence electrons. The lowest BCUT2D eigenvalue weighted by Crippen LogP contribution is -2.22. The lowest BCUT2D eigenvalue weighted by molar-refractivity contribution is 0.622. The molecule has 3 aromatic heterocycles. The SMILES string of the molecule is CC(C)c1c(-c2cncc(F)c2)nc2c(C#N)c[nH]n2c1=O. The molecule has 0 amide bonds. The Balaban J connectivity index is 2.44. The van der Waals surface area contributed by atoms with Crippen LogP contribution in [0.15, 0.2) is 29.5 Å². The molecule has 0 saturated heterocycles. The van der Waals surface area contributed by atoms with E-state index in [2.05, 4.69) is 15.1 Å².